The molecule has 0 saturated heterocycles. The van der Waals surface area contributed by atoms with Crippen LogP contribution in [0, 0.1) is 0 Å². The second-order valence-electron chi connectivity index (χ2n) is 14.5. The lowest BCUT2D eigenvalue weighted by molar-refractivity contribution is -0.148. The molecular weight excluding hydrogens is 628 g/mol. The van der Waals surface area contributed by atoms with Crippen LogP contribution in [-0.4, -0.2) is 44.6 Å². The lowest BCUT2D eigenvalue weighted by Gasteiger charge is -2.25. The summed E-state index contributed by atoms with van der Waals surface area (Å²) < 4.78 is 39.0. The van der Waals surface area contributed by atoms with Crippen molar-refractivity contribution in [1.82, 2.24) is 0 Å². The molecule has 0 N–H and O–H groups in total. The Kier molecular flexibility index (Phi) is 26.4. The summed E-state index contributed by atoms with van der Waals surface area (Å²) in [5.74, 6) is 2.29. The van der Waals surface area contributed by atoms with Gasteiger partial charge in [-0.1, -0.05) is 131 Å². The van der Waals surface area contributed by atoms with Gasteiger partial charge in [0.15, 0.2) is 11.5 Å². The number of carbonyl (C=O) groups is 1. The molecule has 7 heteroatoms. The zero-order valence-electron chi connectivity index (χ0n) is 33.7. The van der Waals surface area contributed by atoms with Crippen LogP contribution < -0.4 is 23.7 Å². The lowest BCUT2D eigenvalue weighted by atomic mass is 10.1. The van der Waals surface area contributed by atoms with Crippen LogP contribution in [0.3, 0.4) is 0 Å². The van der Waals surface area contributed by atoms with Gasteiger partial charge in [-0.05, 0) is 59.0 Å². The summed E-state index contributed by atoms with van der Waals surface area (Å²) in [4.78, 5) is 13.1. The van der Waals surface area contributed by atoms with E-state index in [9.17, 15) is 4.79 Å². The Morgan fingerprint density at radius 1 is 0.440 bits per heavy atom. The van der Waals surface area contributed by atoms with Crippen LogP contribution in [0.1, 0.15) is 189 Å². The zero-order chi connectivity index (χ0) is 36.9. The van der Waals surface area contributed by atoms with Crippen LogP contribution in [0.25, 0.3) is 6.08 Å². The Labute approximate surface area is 307 Å². The van der Waals surface area contributed by atoms with E-state index >= 15 is 0 Å². The highest BCUT2D eigenvalue weighted by Crippen LogP contribution is 2.55. The van der Waals surface area contributed by atoms with Gasteiger partial charge in [0.05, 0.1) is 38.6 Å². The van der Waals surface area contributed by atoms with Gasteiger partial charge in [0.25, 0.3) is 0 Å². The maximum atomic E-state index is 13.1. The summed E-state index contributed by atoms with van der Waals surface area (Å²) in [6.45, 7) is 19.3. The van der Waals surface area contributed by atoms with Crippen molar-refractivity contribution in [2.24, 2.45) is 0 Å². The van der Waals surface area contributed by atoms with Gasteiger partial charge in [-0.2, -0.15) is 0 Å². The van der Waals surface area contributed by atoms with Gasteiger partial charge in [-0.25, -0.2) is 4.79 Å². The van der Waals surface area contributed by atoms with Gasteiger partial charge < -0.3 is 28.4 Å². The predicted octanol–water partition coefficient (Wildman–Crippen LogP) is 12.8. The normalized spacial score (nSPS) is 11.6. The van der Waals surface area contributed by atoms with Crippen molar-refractivity contribution in [3.05, 3.63) is 11.6 Å². The first-order chi connectivity index (χ1) is 24.2. The van der Waals surface area contributed by atoms with Gasteiger partial charge in [0, 0.05) is 6.08 Å². The van der Waals surface area contributed by atoms with E-state index in [1.54, 1.807) is 6.08 Å². The largest absolute Gasteiger partial charge is 0.489 e. The van der Waals surface area contributed by atoms with Crippen LogP contribution in [0.2, 0.25) is 0 Å². The highest BCUT2D eigenvalue weighted by Gasteiger charge is 2.30. The average Bonchev–Trinajstić information content (AvgIpc) is 3.07. The van der Waals surface area contributed by atoms with E-state index in [2.05, 4.69) is 34.6 Å². The van der Waals surface area contributed by atoms with Gasteiger partial charge in [-0.15, -0.1) is 0 Å². The smallest absolute Gasteiger partial charge is 0.331 e. The third-order valence-corrected chi connectivity index (χ3v) is 8.33. The molecule has 0 radical (unpaired) electrons. The predicted molar refractivity (Wildman–Crippen MR) is 210 cm³/mol. The van der Waals surface area contributed by atoms with Crippen molar-refractivity contribution in [2.75, 3.05) is 33.0 Å². The number of esters is 1. The number of hydrogen-bond donors (Lipinski definition) is 0. The molecule has 7 nitrogen and oxygen atoms in total. The third kappa shape index (κ3) is 20.3. The number of carbonyl (C=O) groups excluding carboxylic acids is 1. The van der Waals surface area contributed by atoms with Gasteiger partial charge in [0.2, 0.25) is 17.2 Å². The average molecular weight is 705 g/mol. The SMILES string of the molecule is CCCCCCOc1c(C=CC(=O)OC(C)(C)C)c(OCCCCCC)c(OCCCCCC)c(OCCCCCC)c1OCCCCCC. The van der Waals surface area contributed by atoms with Crippen LogP contribution in [0.4, 0.5) is 0 Å². The molecule has 290 valence electrons. The minimum absolute atomic E-state index is 0.430. The number of rotatable bonds is 32. The maximum absolute atomic E-state index is 13.1. The Bertz CT molecular complexity index is 974. The number of unbranched alkanes of at least 4 members (excludes halogenated alkanes) is 15. The molecule has 0 heterocycles. The van der Waals surface area contributed by atoms with Crippen molar-refractivity contribution >= 4 is 12.0 Å². The Morgan fingerprint density at radius 2 is 0.720 bits per heavy atom. The molecule has 0 amide bonds. The molecule has 0 unspecified atom stereocenters. The maximum Gasteiger partial charge on any atom is 0.331 e. The molecule has 0 fully saturated rings. The third-order valence-electron chi connectivity index (χ3n) is 8.33. The quantitative estimate of drug-likeness (QED) is 0.0420. The Morgan fingerprint density at radius 3 is 1.00 bits per heavy atom. The second kappa shape index (κ2) is 29.1. The fraction of sp³-hybridized carbons (Fsp3) is 0.791. The fourth-order valence-corrected chi connectivity index (χ4v) is 5.49. The van der Waals surface area contributed by atoms with E-state index < -0.39 is 11.6 Å². The highest BCUT2D eigenvalue weighted by molar-refractivity contribution is 5.90. The summed E-state index contributed by atoms with van der Waals surface area (Å²) in [5.41, 5.74) is 0.0143. The minimum Gasteiger partial charge on any atom is -0.489 e. The van der Waals surface area contributed by atoms with Crippen LogP contribution >= 0.6 is 0 Å². The van der Waals surface area contributed by atoms with Gasteiger partial charge in [0.1, 0.15) is 5.60 Å². The summed E-state index contributed by atoms with van der Waals surface area (Å²) in [6.07, 6.45) is 24.8. The number of benzene rings is 1. The van der Waals surface area contributed by atoms with Crippen LogP contribution in [0.15, 0.2) is 6.08 Å². The lowest BCUT2D eigenvalue weighted by Crippen LogP contribution is -2.22. The fourth-order valence-electron chi connectivity index (χ4n) is 5.49. The first-order valence-corrected chi connectivity index (χ1v) is 20.5. The Hall–Kier alpha value is -2.57. The van der Waals surface area contributed by atoms with E-state index in [-0.39, 0.29) is 0 Å². The summed E-state index contributed by atoms with van der Waals surface area (Å²) in [7, 11) is 0. The first-order valence-electron chi connectivity index (χ1n) is 20.5. The molecule has 0 aliphatic rings. The molecule has 0 aromatic heterocycles. The molecule has 0 saturated carbocycles. The summed E-state index contributed by atoms with van der Waals surface area (Å²) >= 11 is 0. The van der Waals surface area contributed by atoms with Crippen molar-refractivity contribution in [1.29, 1.82) is 0 Å². The molecule has 1 rings (SSSR count). The zero-order valence-corrected chi connectivity index (χ0v) is 33.7. The summed E-state index contributed by atoms with van der Waals surface area (Å²) in [6, 6.07) is 0. The molecular formula is C43H76O7. The molecule has 0 aliphatic heterocycles. The highest BCUT2D eigenvalue weighted by atomic mass is 16.6. The van der Waals surface area contributed by atoms with Crippen molar-refractivity contribution in [3.8, 4) is 28.7 Å². The number of ether oxygens (including phenoxy) is 6. The molecule has 50 heavy (non-hydrogen) atoms. The van der Waals surface area contributed by atoms with Gasteiger partial charge in [-0.3, -0.25) is 0 Å². The van der Waals surface area contributed by atoms with Crippen molar-refractivity contribution in [2.45, 2.75) is 189 Å². The molecule has 1 aromatic carbocycles. The monoisotopic (exact) mass is 705 g/mol. The molecule has 0 spiro atoms. The molecule has 0 aliphatic carbocycles. The van der Waals surface area contributed by atoms with E-state index in [0.29, 0.717) is 67.3 Å². The minimum atomic E-state index is -0.617. The topological polar surface area (TPSA) is 72.5 Å². The Balaban J connectivity index is 3.93. The van der Waals surface area contributed by atoms with Crippen LogP contribution in [-0.2, 0) is 9.53 Å². The molecule has 0 bridgehead atoms. The van der Waals surface area contributed by atoms with Crippen molar-refractivity contribution < 1.29 is 33.2 Å². The first kappa shape index (κ1) is 45.5. The van der Waals surface area contributed by atoms with E-state index in [1.165, 1.54) is 6.08 Å². The van der Waals surface area contributed by atoms with E-state index in [4.69, 9.17) is 28.4 Å². The molecule has 0 atom stereocenters. The standard InChI is InChI=1S/C43H76O7/c1-9-14-19-24-31-45-38-36(29-30-37(44)50-43(6,7)8)39(46-32-25-20-15-10-2)41(48-34-27-22-17-12-4)42(49-35-28-23-18-13-5)40(38)47-33-26-21-16-11-3/h29-30H,9-28,31-35H2,1-8H3. The van der Waals surface area contributed by atoms with Gasteiger partial charge >= 0.3 is 5.97 Å². The van der Waals surface area contributed by atoms with Crippen LogP contribution in [0.5, 0.6) is 28.7 Å². The van der Waals surface area contributed by atoms with E-state index in [1.807, 2.05) is 20.8 Å². The second-order valence-corrected chi connectivity index (χ2v) is 14.5. The molecule has 1 aromatic rings. The summed E-state index contributed by atoms with van der Waals surface area (Å²) in [5, 5.41) is 0. The van der Waals surface area contributed by atoms with E-state index in [0.717, 1.165) is 128 Å². The number of hydrogen-bond acceptors (Lipinski definition) is 7. The van der Waals surface area contributed by atoms with Crippen molar-refractivity contribution in [3.63, 3.8) is 0 Å².